The fourth-order valence-corrected chi connectivity index (χ4v) is 1.01. The average molecular weight is 260 g/mol. The van der Waals surface area contributed by atoms with Crippen molar-refractivity contribution < 1.29 is 19.8 Å². The molecule has 1 aromatic carbocycles. The van der Waals surface area contributed by atoms with E-state index in [2.05, 4.69) is 30.9 Å². The van der Waals surface area contributed by atoms with E-state index in [9.17, 15) is 9.59 Å². The number of aliphatic carboxylic acids is 2. The molecule has 0 radical (unpaired) electrons. The summed E-state index contributed by atoms with van der Waals surface area (Å²) in [6.45, 7) is 3.64. The summed E-state index contributed by atoms with van der Waals surface area (Å²) in [5, 5.41) is 15.6. The Bertz CT molecular complexity index is 442. The molecule has 0 atom stereocenters. The van der Waals surface area contributed by atoms with E-state index < -0.39 is 11.9 Å². The predicted octanol–water partition coefficient (Wildman–Crippen LogP) is 2.99. The first kappa shape index (κ1) is 16.4. The van der Waals surface area contributed by atoms with Crippen molar-refractivity contribution in [3.8, 4) is 0 Å². The molecule has 0 saturated heterocycles. The minimum Gasteiger partial charge on any atom is -0.478 e. The van der Waals surface area contributed by atoms with Gasteiger partial charge in [-0.05, 0) is 12.0 Å². The van der Waals surface area contributed by atoms with Crippen LogP contribution in [0.25, 0.3) is 6.08 Å². The molecule has 0 bridgehead atoms. The Labute approximate surface area is 112 Å². The van der Waals surface area contributed by atoms with Gasteiger partial charge in [-0.25, -0.2) is 9.59 Å². The second-order valence-corrected chi connectivity index (χ2v) is 3.35. The SMILES string of the molecule is C=CCC=Cc1ccccc1.O=C(O)C=CC(=O)O. The zero-order chi connectivity index (χ0) is 14.5. The van der Waals surface area contributed by atoms with Crippen LogP contribution in [0, 0.1) is 0 Å². The van der Waals surface area contributed by atoms with Crippen molar-refractivity contribution in [2.24, 2.45) is 0 Å². The Kier molecular flexibility index (Phi) is 9.08. The molecule has 100 valence electrons. The van der Waals surface area contributed by atoms with Crippen LogP contribution in [0.15, 0.2) is 61.2 Å². The van der Waals surface area contributed by atoms with E-state index in [0.29, 0.717) is 12.2 Å². The van der Waals surface area contributed by atoms with Crippen LogP contribution in [0.3, 0.4) is 0 Å². The van der Waals surface area contributed by atoms with Gasteiger partial charge in [0.2, 0.25) is 0 Å². The van der Waals surface area contributed by atoms with E-state index in [1.807, 2.05) is 24.3 Å². The molecule has 0 saturated carbocycles. The van der Waals surface area contributed by atoms with Crippen LogP contribution in [-0.4, -0.2) is 22.2 Å². The van der Waals surface area contributed by atoms with Gasteiger partial charge >= 0.3 is 11.9 Å². The maximum absolute atomic E-state index is 9.55. The van der Waals surface area contributed by atoms with Gasteiger partial charge in [-0.15, -0.1) is 6.58 Å². The summed E-state index contributed by atoms with van der Waals surface area (Å²) in [4.78, 5) is 19.1. The van der Waals surface area contributed by atoms with Crippen LogP contribution >= 0.6 is 0 Å². The number of rotatable bonds is 5. The van der Waals surface area contributed by atoms with Crippen LogP contribution in [-0.2, 0) is 9.59 Å². The largest absolute Gasteiger partial charge is 0.478 e. The lowest BCUT2D eigenvalue weighted by Gasteiger charge is -1.88. The summed E-state index contributed by atoms with van der Waals surface area (Å²) in [7, 11) is 0. The highest BCUT2D eigenvalue weighted by Crippen LogP contribution is 2.01. The lowest BCUT2D eigenvalue weighted by molar-refractivity contribution is -0.134. The Balaban J connectivity index is 0.000000362. The van der Waals surface area contributed by atoms with Crippen LogP contribution in [0.4, 0.5) is 0 Å². The minimum atomic E-state index is -1.26. The number of hydrogen-bond acceptors (Lipinski definition) is 2. The molecule has 1 rings (SSSR count). The molecule has 19 heavy (non-hydrogen) atoms. The molecule has 0 aliphatic heterocycles. The fraction of sp³-hybridized carbons (Fsp3) is 0.0667. The van der Waals surface area contributed by atoms with Crippen LogP contribution < -0.4 is 0 Å². The summed E-state index contributed by atoms with van der Waals surface area (Å²) < 4.78 is 0. The Morgan fingerprint density at radius 1 is 1.05 bits per heavy atom. The molecule has 0 aliphatic rings. The van der Waals surface area contributed by atoms with Gasteiger partial charge in [0.05, 0.1) is 0 Å². The maximum Gasteiger partial charge on any atom is 0.328 e. The third kappa shape index (κ3) is 11.6. The molecule has 4 nitrogen and oxygen atoms in total. The molecule has 2 N–H and O–H groups in total. The lowest BCUT2D eigenvalue weighted by atomic mass is 10.2. The van der Waals surface area contributed by atoms with Gasteiger partial charge in [0.15, 0.2) is 0 Å². The Hall–Kier alpha value is -2.62. The van der Waals surface area contributed by atoms with E-state index in [1.54, 1.807) is 0 Å². The molecule has 4 heteroatoms. The summed E-state index contributed by atoms with van der Waals surface area (Å²) in [6.07, 6.45) is 8.14. The number of allylic oxidation sites excluding steroid dienone is 2. The van der Waals surface area contributed by atoms with Crippen LogP contribution in [0.2, 0.25) is 0 Å². The van der Waals surface area contributed by atoms with Gasteiger partial charge in [0.1, 0.15) is 0 Å². The molecular formula is C15H16O4. The first-order valence-electron chi connectivity index (χ1n) is 5.52. The van der Waals surface area contributed by atoms with Crippen molar-refractivity contribution in [2.75, 3.05) is 0 Å². The van der Waals surface area contributed by atoms with Crippen molar-refractivity contribution in [1.82, 2.24) is 0 Å². The number of carboxylic acids is 2. The maximum atomic E-state index is 9.55. The second-order valence-electron chi connectivity index (χ2n) is 3.35. The minimum absolute atomic E-state index is 0.558. The Morgan fingerprint density at radius 3 is 2.00 bits per heavy atom. The number of carbonyl (C=O) groups is 2. The van der Waals surface area contributed by atoms with Crippen LogP contribution in [0.1, 0.15) is 12.0 Å². The molecule has 0 aliphatic carbocycles. The third-order valence-corrected chi connectivity index (χ3v) is 1.78. The van der Waals surface area contributed by atoms with Crippen LogP contribution in [0.5, 0.6) is 0 Å². The molecule has 0 fully saturated rings. The lowest BCUT2D eigenvalue weighted by Crippen LogP contribution is -1.91. The van der Waals surface area contributed by atoms with E-state index in [4.69, 9.17) is 10.2 Å². The quantitative estimate of drug-likeness (QED) is 0.630. The van der Waals surface area contributed by atoms with Crippen molar-refractivity contribution in [3.05, 3.63) is 66.8 Å². The fourth-order valence-electron chi connectivity index (χ4n) is 1.01. The molecule has 0 aromatic heterocycles. The molecule has 0 spiro atoms. The molecule has 0 amide bonds. The van der Waals surface area contributed by atoms with Gasteiger partial charge in [-0.3, -0.25) is 0 Å². The highest BCUT2D eigenvalue weighted by molar-refractivity contribution is 5.89. The van der Waals surface area contributed by atoms with E-state index in [1.165, 1.54) is 5.56 Å². The van der Waals surface area contributed by atoms with Crippen molar-refractivity contribution in [3.63, 3.8) is 0 Å². The number of benzene rings is 1. The van der Waals surface area contributed by atoms with Gasteiger partial charge < -0.3 is 10.2 Å². The number of carboxylic acid groups (broad SMARTS) is 2. The predicted molar refractivity (Wildman–Crippen MR) is 74.7 cm³/mol. The first-order valence-corrected chi connectivity index (χ1v) is 5.52. The molecule has 0 unspecified atom stereocenters. The number of hydrogen-bond donors (Lipinski definition) is 2. The molecular weight excluding hydrogens is 244 g/mol. The highest BCUT2D eigenvalue weighted by Gasteiger charge is 1.88. The summed E-state index contributed by atoms with van der Waals surface area (Å²) in [6, 6.07) is 10.3. The summed E-state index contributed by atoms with van der Waals surface area (Å²) in [5.41, 5.74) is 1.24. The summed E-state index contributed by atoms with van der Waals surface area (Å²) >= 11 is 0. The highest BCUT2D eigenvalue weighted by atomic mass is 16.4. The van der Waals surface area contributed by atoms with Crippen molar-refractivity contribution in [2.45, 2.75) is 6.42 Å². The van der Waals surface area contributed by atoms with Gasteiger partial charge in [-0.2, -0.15) is 0 Å². The average Bonchev–Trinajstić information content (AvgIpc) is 2.39. The normalized spacial score (nSPS) is 9.89. The monoisotopic (exact) mass is 260 g/mol. The second kappa shape index (κ2) is 10.5. The first-order chi connectivity index (χ1) is 9.06. The topological polar surface area (TPSA) is 74.6 Å². The van der Waals surface area contributed by atoms with Gasteiger partial charge in [-0.1, -0.05) is 48.6 Å². The Morgan fingerprint density at radius 2 is 1.58 bits per heavy atom. The van der Waals surface area contributed by atoms with Crippen molar-refractivity contribution >= 4 is 18.0 Å². The smallest absolute Gasteiger partial charge is 0.328 e. The zero-order valence-corrected chi connectivity index (χ0v) is 10.4. The standard InChI is InChI=1S/C11H12.C4H4O4/c1-2-3-5-8-11-9-6-4-7-10-11;5-3(6)1-2-4(7)8/h2,4-10H,1,3H2;1-2H,(H,5,6)(H,7,8). The molecule has 1 aromatic rings. The van der Waals surface area contributed by atoms with E-state index in [-0.39, 0.29) is 0 Å². The molecule has 0 heterocycles. The van der Waals surface area contributed by atoms with E-state index in [0.717, 1.165) is 6.42 Å². The van der Waals surface area contributed by atoms with Gasteiger partial charge in [0.25, 0.3) is 0 Å². The van der Waals surface area contributed by atoms with E-state index >= 15 is 0 Å². The van der Waals surface area contributed by atoms with Gasteiger partial charge in [0, 0.05) is 12.2 Å². The third-order valence-electron chi connectivity index (χ3n) is 1.78. The van der Waals surface area contributed by atoms with Crippen molar-refractivity contribution in [1.29, 1.82) is 0 Å². The summed E-state index contributed by atoms with van der Waals surface area (Å²) in [5.74, 6) is -2.51. The zero-order valence-electron chi connectivity index (χ0n) is 10.4.